The minimum atomic E-state index is 0.319. The van der Waals surface area contributed by atoms with Gasteiger partial charge in [-0.2, -0.15) is 0 Å². The lowest BCUT2D eigenvalue weighted by molar-refractivity contribution is 0.217. The smallest absolute Gasteiger partial charge is 0.115 e. The highest BCUT2D eigenvalue weighted by atomic mass is 16.3. The van der Waals surface area contributed by atoms with Gasteiger partial charge in [0.2, 0.25) is 0 Å². The average molecular weight is 308 g/mol. The summed E-state index contributed by atoms with van der Waals surface area (Å²) in [6.45, 7) is 2.42. The van der Waals surface area contributed by atoms with E-state index in [0.29, 0.717) is 23.3 Å². The molecular weight excluding hydrogens is 284 g/mol. The first-order valence-electron chi connectivity index (χ1n) is 8.71. The Hall–Kier alpha value is -1.96. The Morgan fingerprint density at radius 2 is 1.26 bits per heavy atom. The van der Waals surface area contributed by atoms with Crippen molar-refractivity contribution in [1.82, 2.24) is 0 Å². The molecule has 0 heterocycles. The molecule has 0 aliphatic heterocycles. The lowest BCUT2D eigenvalue weighted by Crippen LogP contribution is -2.27. The van der Waals surface area contributed by atoms with E-state index in [4.69, 9.17) is 0 Å². The van der Waals surface area contributed by atoms with Crippen LogP contribution >= 0.6 is 0 Å². The summed E-state index contributed by atoms with van der Waals surface area (Å²) in [7, 11) is 0. The summed E-state index contributed by atoms with van der Waals surface area (Å²) in [6, 6.07) is 15.4. The predicted octanol–water partition coefficient (Wildman–Crippen LogP) is 4.91. The summed E-state index contributed by atoms with van der Waals surface area (Å²) in [6.07, 6.45) is 4.12. The summed E-state index contributed by atoms with van der Waals surface area (Å²) in [4.78, 5) is 0. The quantitative estimate of drug-likeness (QED) is 0.845. The largest absolute Gasteiger partial charge is 0.508 e. The molecular formula is C21H24O2. The van der Waals surface area contributed by atoms with E-state index < -0.39 is 0 Å². The highest BCUT2D eigenvalue weighted by Gasteiger charge is 2.48. The molecule has 0 amide bonds. The highest BCUT2D eigenvalue weighted by molar-refractivity contribution is 5.39. The van der Waals surface area contributed by atoms with Crippen molar-refractivity contribution in [3.05, 3.63) is 59.7 Å². The van der Waals surface area contributed by atoms with E-state index in [-0.39, 0.29) is 0 Å². The van der Waals surface area contributed by atoms with Crippen LogP contribution in [-0.4, -0.2) is 10.2 Å². The standard InChI is InChI=1S/C21H24O2/c1-13-16-2-3-17(12-16)20(13)21(14-4-8-18(22)9-5-14)15-6-10-19(23)11-7-15/h4-11,13,16-17,20-23H,2-3,12H2,1H3. The number of aromatic hydroxyl groups is 2. The molecule has 4 atom stereocenters. The van der Waals surface area contributed by atoms with Crippen molar-refractivity contribution in [2.45, 2.75) is 32.1 Å². The van der Waals surface area contributed by atoms with Gasteiger partial charge in [-0.05, 0) is 78.3 Å². The SMILES string of the molecule is CC1C2CCC(C2)C1C(c1ccc(O)cc1)c1ccc(O)cc1. The summed E-state index contributed by atoms with van der Waals surface area (Å²) in [5.74, 6) is 4.06. The van der Waals surface area contributed by atoms with Crippen LogP contribution in [-0.2, 0) is 0 Å². The van der Waals surface area contributed by atoms with Gasteiger partial charge in [-0.3, -0.25) is 0 Å². The van der Waals surface area contributed by atoms with E-state index in [9.17, 15) is 10.2 Å². The fourth-order valence-corrected chi connectivity index (χ4v) is 5.20. The molecule has 2 aliphatic carbocycles. The van der Waals surface area contributed by atoms with Gasteiger partial charge in [0.1, 0.15) is 11.5 Å². The van der Waals surface area contributed by atoms with Gasteiger partial charge in [0, 0.05) is 5.92 Å². The number of phenolic OH excluding ortho intramolecular Hbond substituents is 2. The molecule has 0 spiro atoms. The number of hydrogen-bond donors (Lipinski definition) is 2. The topological polar surface area (TPSA) is 40.5 Å². The van der Waals surface area contributed by atoms with Crippen LogP contribution in [0, 0.1) is 23.7 Å². The molecule has 2 saturated carbocycles. The molecule has 120 valence electrons. The molecule has 0 radical (unpaired) electrons. The third-order valence-electron chi connectivity index (χ3n) is 6.30. The van der Waals surface area contributed by atoms with Gasteiger partial charge in [0.25, 0.3) is 0 Å². The molecule has 2 aromatic rings. The highest BCUT2D eigenvalue weighted by Crippen LogP contribution is 2.58. The van der Waals surface area contributed by atoms with Gasteiger partial charge in [-0.25, -0.2) is 0 Å². The molecule has 2 N–H and O–H groups in total. The van der Waals surface area contributed by atoms with Crippen molar-refractivity contribution in [3.63, 3.8) is 0 Å². The Balaban J connectivity index is 1.77. The molecule has 2 aromatic carbocycles. The second kappa shape index (κ2) is 5.59. The lowest BCUT2D eigenvalue weighted by Gasteiger charge is -2.36. The molecule has 0 aromatic heterocycles. The zero-order chi connectivity index (χ0) is 16.0. The first-order chi connectivity index (χ1) is 11.1. The van der Waals surface area contributed by atoms with Crippen LogP contribution in [0.1, 0.15) is 43.2 Å². The fourth-order valence-electron chi connectivity index (χ4n) is 5.20. The fraction of sp³-hybridized carbons (Fsp3) is 0.429. The second-order valence-electron chi connectivity index (χ2n) is 7.43. The van der Waals surface area contributed by atoms with Gasteiger partial charge in [-0.1, -0.05) is 31.2 Å². The van der Waals surface area contributed by atoms with Crippen LogP contribution in [0.25, 0.3) is 0 Å². The van der Waals surface area contributed by atoms with Crippen LogP contribution in [0.4, 0.5) is 0 Å². The second-order valence-corrected chi connectivity index (χ2v) is 7.43. The van der Waals surface area contributed by atoms with E-state index in [0.717, 1.165) is 17.8 Å². The van der Waals surface area contributed by atoms with Crippen LogP contribution in [0.15, 0.2) is 48.5 Å². The molecule has 23 heavy (non-hydrogen) atoms. The van der Waals surface area contributed by atoms with Crippen molar-refractivity contribution in [2.75, 3.05) is 0 Å². The van der Waals surface area contributed by atoms with Crippen LogP contribution in [0.5, 0.6) is 11.5 Å². The molecule has 4 unspecified atom stereocenters. The number of fused-ring (bicyclic) bond motifs is 2. The maximum Gasteiger partial charge on any atom is 0.115 e. The van der Waals surface area contributed by atoms with Crippen molar-refractivity contribution >= 4 is 0 Å². The van der Waals surface area contributed by atoms with E-state index >= 15 is 0 Å². The normalized spacial score (nSPS) is 29.3. The van der Waals surface area contributed by atoms with Crippen molar-refractivity contribution in [3.8, 4) is 11.5 Å². The zero-order valence-corrected chi connectivity index (χ0v) is 13.5. The number of phenols is 2. The van der Waals surface area contributed by atoms with Crippen molar-refractivity contribution in [2.24, 2.45) is 23.7 Å². The average Bonchev–Trinajstić information content (AvgIpc) is 3.14. The lowest BCUT2D eigenvalue weighted by atomic mass is 9.68. The summed E-state index contributed by atoms with van der Waals surface area (Å²) in [5, 5.41) is 19.3. The van der Waals surface area contributed by atoms with Crippen LogP contribution < -0.4 is 0 Å². The van der Waals surface area contributed by atoms with Gasteiger partial charge >= 0.3 is 0 Å². The Morgan fingerprint density at radius 1 is 0.783 bits per heavy atom. The molecule has 2 heteroatoms. The maximum absolute atomic E-state index is 9.63. The monoisotopic (exact) mass is 308 g/mol. The van der Waals surface area contributed by atoms with Crippen LogP contribution in [0.3, 0.4) is 0 Å². The molecule has 4 rings (SSSR count). The molecule has 2 fully saturated rings. The Labute approximate surface area is 137 Å². The van der Waals surface area contributed by atoms with Gasteiger partial charge < -0.3 is 10.2 Å². The molecule has 2 aliphatic rings. The minimum Gasteiger partial charge on any atom is -0.508 e. The van der Waals surface area contributed by atoms with Gasteiger partial charge in [0.05, 0.1) is 0 Å². The van der Waals surface area contributed by atoms with Crippen LogP contribution in [0.2, 0.25) is 0 Å². The first-order valence-corrected chi connectivity index (χ1v) is 8.71. The van der Waals surface area contributed by atoms with E-state index in [1.807, 2.05) is 0 Å². The van der Waals surface area contributed by atoms with Crippen molar-refractivity contribution < 1.29 is 10.2 Å². The molecule has 2 nitrogen and oxygen atoms in total. The maximum atomic E-state index is 9.63. The summed E-state index contributed by atoms with van der Waals surface area (Å²) < 4.78 is 0. The van der Waals surface area contributed by atoms with E-state index in [1.165, 1.54) is 30.4 Å². The number of hydrogen-bond acceptors (Lipinski definition) is 2. The Morgan fingerprint density at radius 3 is 1.70 bits per heavy atom. The Bertz CT molecular complexity index is 626. The van der Waals surface area contributed by atoms with E-state index in [2.05, 4.69) is 31.2 Å². The first kappa shape index (κ1) is 14.6. The summed E-state index contributed by atoms with van der Waals surface area (Å²) in [5.41, 5.74) is 2.55. The number of benzene rings is 2. The van der Waals surface area contributed by atoms with E-state index in [1.54, 1.807) is 24.3 Å². The van der Waals surface area contributed by atoms with Crippen molar-refractivity contribution in [1.29, 1.82) is 0 Å². The third kappa shape index (κ3) is 2.50. The van der Waals surface area contributed by atoms with Gasteiger partial charge in [-0.15, -0.1) is 0 Å². The zero-order valence-electron chi connectivity index (χ0n) is 13.5. The predicted molar refractivity (Wildman–Crippen MR) is 91.5 cm³/mol. The Kier molecular flexibility index (Phi) is 3.56. The number of rotatable bonds is 3. The molecule has 0 saturated heterocycles. The third-order valence-corrected chi connectivity index (χ3v) is 6.30. The minimum absolute atomic E-state index is 0.319. The summed E-state index contributed by atoms with van der Waals surface area (Å²) >= 11 is 0. The van der Waals surface area contributed by atoms with Gasteiger partial charge in [0.15, 0.2) is 0 Å². The molecule has 2 bridgehead atoms.